The Bertz CT molecular complexity index is 1730. The summed E-state index contributed by atoms with van der Waals surface area (Å²) < 4.78 is 0. The van der Waals surface area contributed by atoms with Gasteiger partial charge in [-0.15, -0.1) is 11.3 Å². The lowest BCUT2D eigenvalue weighted by atomic mass is 10.0. The van der Waals surface area contributed by atoms with Gasteiger partial charge in [-0.2, -0.15) is 5.10 Å². The van der Waals surface area contributed by atoms with E-state index in [1.54, 1.807) is 17.5 Å². The highest BCUT2D eigenvalue weighted by Crippen LogP contribution is 2.36. The molecule has 1 atom stereocenters. The van der Waals surface area contributed by atoms with Crippen LogP contribution in [-0.2, 0) is 0 Å². The van der Waals surface area contributed by atoms with Crippen LogP contribution in [0, 0.1) is 12.8 Å². The van der Waals surface area contributed by atoms with Crippen molar-refractivity contribution in [3.63, 3.8) is 0 Å². The van der Waals surface area contributed by atoms with Gasteiger partial charge in [0, 0.05) is 44.6 Å². The van der Waals surface area contributed by atoms with E-state index in [1.165, 1.54) is 9.75 Å². The Balaban J connectivity index is 1.28. The van der Waals surface area contributed by atoms with Crippen LogP contribution in [0.2, 0.25) is 0 Å². The lowest BCUT2D eigenvalue weighted by Gasteiger charge is -2.13. The molecule has 5 aromatic heterocycles. The number of aromatic amines is 2. The molecule has 0 amide bonds. The minimum absolute atomic E-state index is 0.334. The molecule has 0 bridgehead atoms. The monoisotopic (exact) mass is 493 g/mol. The molecule has 0 spiro atoms. The quantitative estimate of drug-likeness (QED) is 0.220. The summed E-state index contributed by atoms with van der Waals surface area (Å²) in [5, 5.41) is 22.1. The van der Waals surface area contributed by atoms with Gasteiger partial charge < -0.3 is 15.4 Å². The van der Waals surface area contributed by atoms with Crippen LogP contribution < -0.4 is 5.32 Å². The molecule has 7 rings (SSSR count). The van der Waals surface area contributed by atoms with Crippen LogP contribution in [0.25, 0.3) is 55.2 Å². The van der Waals surface area contributed by atoms with Crippen LogP contribution in [0.3, 0.4) is 0 Å². The summed E-state index contributed by atoms with van der Waals surface area (Å²) in [6.07, 6.45) is 6.97. The Morgan fingerprint density at radius 2 is 2.00 bits per heavy atom. The summed E-state index contributed by atoms with van der Waals surface area (Å²) in [7, 11) is 0. The number of thiophene rings is 1. The fourth-order valence-electron chi connectivity index (χ4n) is 4.55. The van der Waals surface area contributed by atoms with Gasteiger partial charge in [-0.25, -0.2) is 9.97 Å². The lowest BCUT2D eigenvalue weighted by molar-refractivity contribution is 0.180. The van der Waals surface area contributed by atoms with Crippen LogP contribution in [-0.4, -0.2) is 41.5 Å². The number of rotatable bonds is 6. The first-order valence-electron chi connectivity index (χ1n) is 11.9. The van der Waals surface area contributed by atoms with Crippen molar-refractivity contribution in [3.8, 4) is 33.1 Å². The van der Waals surface area contributed by atoms with Gasteiger partial charge in [-0.1, -0.05) is 6.07 Å². The summed E-state index contributed by atoms with van der Waals surface area (Å²) in [6.45, 7) is 2.10. The second-order valence-electron chi connectivity index (χ2n) is 9.27. The Hall–Kier alpha value is -4.08. The third-order valence-corrected chi connectivity index (χ3v) is 7.67. The minimum atomic E-state index is -0.533. The highest BCUT2D eigenvalue weighted by atomic mass is 32.1. The third-order valence-electron chi connectivity index (χ3n) is 6.63. The topological polar surface area (TPSA) is 115 Å². The summed E-state index contributed by atoms with van der Waals surface area (Å²) in [5.74, 6) is 1.00. The van der Waals surface area contributed by atoms with E-state index in [0.717, 1.165) is 63.0 Å². The van der Waals surface area contributed by atoms with Crippen molar-refractivity contribution in [1.82, 2.24) is 30.1 Å². The molecule has 0 radical (unpaired) electrons. The van der Waals surface area contributed by atoms with E-state index in [4.69, 9.17) is 4.98 Å². The van der Waals surface area contributed by atoms with Crippen molar-refractivity contribution in [2.45, 2.75) is 26.0 Å². The number of benzene rings is 1. The fraction of sp³-hybridized carbons (Fsp3) is 0.185. The number of imidazole rings is 1. The predicted molar refractivity (Wildman–Crippen MR) is 143 cm³/mol. The molecular weight excluding hydrogens is 470 g/mol. The zero-order valence-electron chi connectivity index (χ0n) is 19.5. The molecule has 36 heavy (non-hydrogen) atoms. The van der Waals surface area contributed by atoms with Gasteiger partial charge in [-0.05, 0) is 61.7 Å². The van der Waals surface area contributed by atoms with E-state index >= 15 is 0 Å². The average molecular weight is 494 g/mol. The molecule has 9 heteroatoms. The van der Waals surface area contributed by atoms with Gasteiger partial charge in [0.1, 0.15) is 17.4 Å². The van der Waals surface area contributed by atoms with Crippen molar-refractivity contribution in [1.29, 1.82) is 0 Å². The molecule has 8 nitrogen and oxygen atoms in total. The maximum atomic E-state index is 10.3. The molecule has 1 saturated carbocycles. The third kappa shape index (κ3) is 3.73. The highest BCUT2D eigenvalue weighted by molar-refractivity contribution is 7.15. The Morgan fingerprint density at radius 3 is 2.83 bits per heavy atom. The van der Waals surface area contributed by atoms with E-state index in [9.17, 15) is 5.11 Å². The van der Waals surface area contributed by atoms with E-state index in [-0.39, 0.29) is 0 Å². The molecule has 1 aliphatic carbocycles. The normalized spacial score (nSPS) is 14.5. The van der Waals surface area contributed by atoms with Crippen molar-refractivity contribution < 1.29 is 5.11 Å². The molecule has 4 N–H and O–H groups in total. The number of pyridine rings is 2. The number of aromatic nitrogens is 6. The standard InChI is InChI=1S/C27H23N7OS/c1-14-2-7-22(36-14)19-8-9-29-25-23(19)31-26(32-25)24-20-11-16(5-6-21(20)33-34-24)17-10-18(13-28-12-17)30-27(35)15-3-4-15/h2,5-13,15,27,30,35H,3-4H2,1H3,(H,33,34)(H,29,31,32). The lowest BCUT2D eigenvalue weighted by Crippen LogP contribution is -2.20. The Labute approximate surface area is 210 Å². The van der Waals surface area contributed by atoms with Crippen LogP contribution >= 0.6 is 11.3 Å². The van der Waals surface area contributed by atoms with Gasteiger partial charge >= 0.3 is 0 Å². The first kappa shape index (κ1) is 21.2. The number of hydrogen-bond donors (Lipinski definition) is 4. The summed E-state index contributed by atoms with van der Waals surface area (Å²) in [5.41, 5.74) is 7.05. The summed E-state index contributed by atoms with van der Waals surface area (Å²) >= 11 is 1.74. The van der Waals surface area contributed by atoms with Gasteiger partial charge in [0.25, 0.3) is 0 Å². The van der Waals surface area contributed by atoms with Crippen LogP contribution in [0.1, 0.15) is 17.7 Å². The molecule has 5 heterocycles. The zero-order chi connectivity index (χ0) is 24.2. The van der Waals surface area contributed by atoms with E-state index in [1.807, 2.05) is 36.7 Å². The second kappa shape index (κ2) is 8.25. The number of fused-ring (bicyclic) bond motifs is 2. The molecular formula is C27H23N7OS. The fourth-order valence-corrected chi connectivity index (χ4v) is 5.45. The molecule has 6 aromatic rings. The second-order valence-corrected chi connectivity index (χ2v) is 10.6. The van der Waals surface area contributed by atoms with Gasteiger partial charge in [0.2, 0.25) is 0 Å². The number of anilines is 1. The Morgan fingerprint density at radius 1 is 1.08 bits per heavy atom. The van der Waals surface area contributed by atoms with Crippen molar-refractivity contribution >= 4 is 39.1 Å². The van der Waals surface area contributed by atoms with Crippen molar-refractivity contribution in [2.75, 3.05) is 5.32 Å². The molecule has 1 aliphatic rings. The van der Waals surface area contributed by atoms with Crippen LogP contribution in [0.15, 0.2) is 61.1 Å². The SMILES string of the molecule is Cc1ccc(-c2ccnc3[nH]c(-c4n[nH]c5ccc(-c6cncc(NC(O)C7CC7)c6)cc45)nc23)s1. The molecule has 1 fully saturated rings. The smallest absolute Gasteiger partial charge is 0.160 e. The summed E-state index contributed by atoms with van der Waals surface area (Å²) in [6, 6.07) is 14.4. The predicted octanol–water partition coefficient (Wildman–Crippen LogP) is 5.74. The van der Waals surface area contributed by atoms with E-state index < -0.39 is 6.23 Å². The van der Waals surface area contributed by atoms with Gasteiger partial charge in [-0.3, -0.25) is 10.1 Å². The minimum Gasteiger partial charge on any atom is -0.374 e. The summed E-state index contributed by atoms with van der Waals surface area (Å²) in [4.78, 5) is 19.6. The van der Waals surface area contributed by atoms with Gasteiger partial charge in [0.05, 0.1) is 17.4 Å². The number of nitrogens with one attached hydrogen (secondary N) is 3. The maximum absolute atomic E-state index is 10.3. The number of aryl methyl sites for hydroxylation is 1. The Kier molecular flexibility index (Phi) is 4.86. The first-order valence-corrected chi connectivity index (χ1v) is 12.7. The number of nitrogens with zero attached hydrogens (tertiary/aromatic N) is 4. The van der Waals surface area contributed by atoms with Crippen molar-refractivity contribution in [2.24, 2.45) is 5.92 Å². The molecule has 178 valence electrons. The van der Waals surface area contributed by atoms with E-state index in [0.29, 0.717) is 11.7 Å². The van der Waals surface area contributed by atoms with E-state index in [2.05, 4.69) is 55.6 Å². The largest absolute Gasteiger partial charge is 0.374 e. The molecule has 0 aliphatic heterocycles. The highest BCUT2D eigenvalue weighted by Gasteiger charge is 2.29. The van der Waals surface area contributed by atoms with Gasteiger partial charge in [0.15, 0.2) is 11.5 Å². The number of H-pyrrole nitrogens is 2. The number of aliphatic hydroxyl groups excluding tert-OH is 1. The van der Waals surface area contributed by atoms with Crippen LogP contribution in [0.5, 0.6) is 0 Å². The zero-order valence-corrected chi connectivity index (χ0v) is 20.3. The molecule has 1 aromatic carbocycles. The molecule has 0 saturated heterocycles. The number of hydrogen-bond acceptors (Lipinski definition) is 7. The maximum Gasteiger partial charge on any atom is 0.160 e. The first-order chi connectivity index (χ1) is 17.6. The average Bonchev–Trinajstić information content (AvgIpc) is 3.30. The van der Waals surface area contributed by atoms with Crippen molar-refractivity contribution in [3.05, 3.63) is 65.9 Å². The van der Waals surface area contributed by atoms with Crippen LogP contribution in [0.4, 0.5) is 5.69 Å². The number of aliphatic hydroxyl groups is 1. The molecule has 1 unspecified atom stereocenters.